The lowest BCUT2D eigenvalue weighted by molar-refractivity contribution is 0.397. The van der Waals surface area contributed by atoms with Crippen LogP contribution in [-0.2, 0) is 10.0 Å². The molecule has 8 heteroatoms. The monoisotopic (exact) mass is 293 g/mol. The predicted octanol–water partition coefficient (Wildman–Crippen LogP) is 0.234. The quantitative estimate of drug-likeness (QED) is 0.862. The Bertz CT molecular complexity index is 492. The van der Waals surface area contributed by atoms with Crippen LogP contribution in [0.3, 0.4) is 0 Å². The number of nitrogens with two attached hydrogens (primary N) is 1. The van der Waals surface area contributed by atoms with Crippen molar-refractivity contribution in [3.8, 4) is 5.88 Å². The minimum atomic E-state index is -3.46. The number of pyridine rings is 1. The summed E-state index contributed by atoms with van der Waals surface area (Å²) in [5.74, 6) is 0.391. The topological polar surface area (TPSA) is 85.5 Å². The molecule has 1 fully saturated rings. The van der Waals surface area contributed by atoms with Crippen molar-refractivity contribution >= 4 is 22.4 Å². The van der Waals surface area contributed by atoms with Gasteiger partial charge in [0.15, 0.2) is 0 Å². The summed E-state index contributed by atoms with van der Waals surface area (Å²) in [4.78, 5) is 4.07. The number of hydrogen-bond acceptors (Lipinski definition) is 5. The molecule has 0 aliphatic carbocycles. The molecule has 2 rings (SSSR count). The zero-order valence-electron chi connectivity index (χ0n) is 9.94. The van der Waals surface area contributed by atoms with Gasteiger partial charge in [-0.15, -0.1) is 12.4 Å². The maximum Gasteiger partial charge on any atom is 0.244 e. The minimum absolute atomic E-state index is 0. The lowest BCUT2D eigenvalue weighted by Gasteiger charge is -2.15. The Morgan fingerprint density at radius 2 is 2.22 bits per heavy atom. The summed E-state index contributed by atoms with van der Waals surface area (Å²) in [6.07, 6.45) is 2.00. The normalized spacial score (nSPS) is 20.4. The maximum absolute atomic E-state index is 12.2. The van der Waals surface area contributed by atoms with Gasteiger partial charge in [0.05, 0.1) is 13.3 Å². The van der Waals surface area contributed by atoms with Crippen LogP contribution in [0.2, 0.25) is 0 Å². The van der Waals surface area contributed by atoms with Crippen molar-refractivity contribution in [1.29, 1.82) is 0 Å². The third-order valence-electron chi connectivity index (χ3n) is 2.74. The molecule has 1 atom stereocenters. The molecule has 1 unspecified atom stereocenters. The van der Waals surface area contributed by atoms with Crippen molar-refractivity contribution < 1.29 is 13.2 Å². The highest BCUT2D eigenvalue weighted by atomic mass is 35.5. The Morgan fingerprint density at radius 3 is 2.67 bits per heavy atom. The zero-order chi connectivity index (χ0) is 12.5. The Labute approximate surface area is 113 Å². The first-order valence-corrected chi connectivity index (χ1v) is 6.74. The standard InChI is InChI=1S/C10H15N3O3S.ClH/c1-16-10-3-2-9(6-12-10)17(14,15)13-5-4-8(11)7-13;/h2-3,6,8H,4-5,7,11H2,1H3;1H. The van der Waals surface area contributed by atoms with Crippen LogP contribution in [-0.4, -0.2) is 43.9 Å². The summed E-state index contributed by atoms with van der Waals surface area (Å²) in [6, 6.07) is 2.95. The molecule has 1 aromatic heterocycles. The van der Waals surface area contributed by atoms with Gasteiger partial charge in [0.2, 0.25) is 15.9 Å². The van der Waals surface area contributed by atoms with Gasteiger partial charge in [-0.25, -0.2) is 13.4 Å². The third kappa shape index (κ3) is 2.92. The van der Waals surface area contributed by atoms with Gasteiger partial charge in [0.25, 0.3) is 0 Å². The summed E-state index contributed by atoms with van der Waals surface area (Å²) in [7, 11) is -1.98. The van der Waals surface area contributed by atoms with Crippen LogP contribution >= 0.6 is 12.4 Å². The van der Waals surface area contributed by atoms with E-state index < -0.39 is 10.0 Å². The van der Waals surface area contributed by atoms with Crippen LogP contribution < -0.4 is 10.5 Å². The van der Waals surface area contributed by atoms with Gasteiger partial charge in [0, 0.05) is 25.2 Å². The minimum Gasteiger partial charge on any atom is -0.481 e. The Hall–Kier alpha value is -0.890. The van der Waals surface area contributed by atoms with Crippen molar-refractivity contribution in [2.75, 3.05) is 20.2 Å². The van der Waals surface area contributed by atoms with E-state index in [9.17, 15) is 8.42 Å². The van der Waals surface area contributed by atoms with Crippen LogP contribution in [0.5, 0.6) is 5.88 Å². The van der Waals surface area contributed by atoms with E-state index in [0.717, 1.165) is 0 Å². The highest BCUT2D eigenvalue weighted by Gasteiger charge is 2.31. The molecule has 2 heterocycles. The highest BCUT2D eigenvalue weighted by molar-refractivity contribution is 7.89. The predicted molar refractivity (Wildman–Crippen MR) is 69.4 cm³/mol. The summed E-state index contributed by atoms with van der Waals surface area (Å²) in [6.45, 7) is 0.837. The van der Waals surface area contributed by atoms with Gasteiger partial charge in [-0.2, -0.15) is 4.31 Å². The number of methoxy groups -OCH3 is 1. The lowest BCUT2D eigenvalue weighted by atomic mass is 10.3. The van der Waals surface area contributed by atoms with Crippen LogP contribution in [0.4, 0.5) is 0 Å². The second kappa shape index (κ2) is 5.83. The van der Waals surface area contributed by atoms with Gasteiger partial charge in [0.1, 0.15) is 4.90 Å². The molecule has 0 saturated carbocycles. The number of rotatable bonds is 3. The van der Waals surface area contributed by atoms with E-state index in [-0.39, 0.29) is 23.3 Å². The molecular formula is C10H16ClN3O3S. The molecule has 1 saturated heterocycles. The Balaban J connectivity index is 0.00000162. The Morgan fingerprint density at radius 1 is 1.50 bits per heavy atom. The number of aromatic nitrogens is 1. The molecule has 1 aromatic rings. The molecule has 0 aromatic carbocycles. The first kappa shape index (κ1) is 15.2. The smallest absolute Gasteiger partial charge is 0.244 e. The SMILES string of the molecule is COc1ccc(S(=O)(=O)N2CCC(N)C2)cn1.Cl. The van der Waals surface area contributed by atoms with Crippen molar-refractivity contribution in [3.05, 3.63) is 18.3 Å². The third-order valence-corrected chi connectivity index (χ3v) is 4.59. The Kier molecular flexibility index (Phi) is 4.92. The average molecular weight is 294 g/mol. The largest absolute Gasteiger partial charge is 0.481 e. The maximum atomic E-state index is 12.2. The fourth-order valence-electron chi connectivity index (χ4n) is 1.76. The van der Waals surface area contributed by atoms with E-state index in [2.05, 4.69) is 4.98 Å². The molecule has 0 bridgehead atoms. The van der Waals surface area contributed by atoms with Gasteiger partial charge >= 0.3 is 0 Å². The number of ether oxygens (including phenoxy) is 1. The number of hydrogen-bond donors (Lipinski definition) is 1. The second-order valence-electron chi connectivity index (χ2n) is 3.95. The van der Waals surface area contributed by atoms with Crippen LogP contribution in [0.25, 0.3) is 0 Å². The fraction of sp³-hybridized carbons (Fsp3) is 0.500. The van der Waals surface area contributed by atoms with Gasteiger partial charge in [-0.3, -0.25) is 0 Å². The van der Waals surface area contributed by atoms with Crippen molar-refractivity contribution in [2.24, 2.45) is 5.73 Å². The first-order valence-electron chi connectivity index (χ1n) is 5.30. The van der Waals surface area contributed by atoms with Crippen molar-refractivity contribution in [3.63, 3.8) is 0 Å². The van der Waals surface area contributed by atoms with Gasteiger partial charge in [-0.05, 0) is 12.5 Å². The van der Waals surface area contributed by atoms with Gasteiger partial charge in [-0.1, -0.05) is 0 Å². The summed E-state index contributed by atoms with van der Waals surface area (Å²) >= 11 is 0. The first-order chi connectivity index (χ1) is 8.04. The van der Waals surface area contributed by atoms with E-state index in [1.54, 1.807) is 0 Å². The highest BCUT2D eigenvalue weighted by Crippen LogP contribution is 2.20. The lowest BCUT2D eigenvalue weighted by Crippen LogP contribution is -2.32. The second-order valence-corrected chi connectivity index (χ2v) is 5.89. The summed E-state index contributed by atoms with van der Waals surface area (Å²) in [5.41, 5.74) is 5.70. The van der Waals surface area contributed by atoms with Crippen LogP contribution in [0.15, 0.2) is 23.2 Å². The molecule has 6 nitrogen and oxygen atoms in total. The van der Waals surface area contributed by atoms with E-state index in [1.807, 2.05) is 0 Å². The molecule has 0 amide bonds. The number of sulfonamides is 1. The van der Waals surface area contributed by atoms with E-state index >= 15 is 0 Å². The van der Waals surface area contributed by atoms with E-state index in [0.29, 0.717) is 25.4 Å². The molecular weight excluding hydrogens is 278 g/mol. The number of halogens is 1. The van der Waals surface area contributed by atoms with Crippen LogP contribution in [0, 0.1) is 0 Å². The van der Waals surface area contributed by atoms with Crippen molar-refractivity contribution in [2.45, 2.75) is 17.4 Å². The van der Waals surface area contributed by atoms with E-state index in [1.165, 1.54) is 29.7 Å². The molecule has 18 heavy (non-hydrogen) atoms. The number of nitrogens with zero attached hydrogens (tertiary/aromatic N) is 2. The molecule has 2 N–H and O–H groups in total. The fourth-order valence-corrected chi connectivity index (χ4v) is 3.22. The van der Waals surface area contributed by atoms with Crippen LogP contribution in [0.1, 0.15) is 6.42 Å². The average Bonchev–Trinajstić information content (AvgIpc) is 2.77. The summed E-state index contributed by atoms with van der Waals surface area (Å²) in [5, 5.41) is 0. The van der Waals surface area contributed by atoms with Crippen molar-refractivity contribution in [1.82, 2.24) is 9.29 Å². The molecule has 0 spiro atoms. The molecule has 1 aliphatic rings. The molecule has 0 radical (unpaired) electrons. The summed E-state index contributed by atoms with van der Waals surface area (Å²) < 4.78 is 30.6. The van der Waals surface area contributed by atoms with Gasteiger partial charge < -0.3 is 10.5 Å². The van der Waals surface area contributed by atoms with E-state index in [4.69, 9.17) is 10.5 Å². The molecule has 102 valence electrons. The molecule has 1 aliphatic heterocycles. The zero-order valence-corrected chi connectivity index (χ0v) is 11.6.